The lowest BCUT2D eigenvalue weighted by atomic mass is 10.2. The Bertz CT molecular complexity index is 735. The fourth-order valence-corrected chi connectivity index (χ4v) is 1.82. The zero-order valence-electron chi connectivity index (χ0n) is 12.4. The summed E-state index contributed by atoms with van der Waals surface area (Å²) >= 11 is 5.89. The fraction of sp³-hybridized carbons (Fsp3) is 0.385. The minimum absolute atomic E-state index is 0.0481. The number of nitrogens with zero attached hydrogens (tertiary/aromatic N) is 2. The second kappa shape index (κ2) is 5.80. The lowest BCUT2D eigenvalue weighted by Crippen LogP contribution is -2.27. The van der Waals surface area contributed by atoms with Crippen LogP contribution in [0.1, 0.15) is 31.3 Å². The number of aromatic nitrogens is 2. The minimum Gasteiger partial charge on any atom is -0.463 e. The van der Waals surface area contributed by atoms with Crippen LogP contribution in [0.25, 0.3) is 11.0 Å². The van der Waals surface area contributed by atoms with Gasteiger partial charge in [0.05, 0.1) is 12.8 Å². The summed E-state index contributed by atoms with van der Waals surface area (Å²) in [5, 5.41) is 6.25. The van der Waals surface area contributed by atoms with E-state index in [2.05, 4.69) is 20.2 Å². The van der Waals surface area contributed by atoms with Crippen molar-refractivity contribution in [2.45, 2.75) is 26.4 Å². The summed E-state index contributed by atoms with van der Waals surface area (Å²) in [7, 11) is 1.20. The average molecular weight is 328 g/mol. The van der Waals surface area contributed by atoms with E-state index < -0.39 is 17.7 Å². The summed E-state index contributed by atoms with van der Waals surface area (Å²) in [4.78, 5) is 27.4. The number of halogens is 1. The highest BCUT2D eigenvalue weighted by Gasteiger charge is 2.23. The summed E-state index contributed by atoms with van der Waals surface area (Å²) in [5.41, 5.74) is -0.203. The zero-order chi connectivity index (χ0) is 16.5. The summed E-state index contributed by atoms with van der Waals surface area (Å²) in [6.45, 7) is 5.19. The first kappa shape index (κ1) is 16.0. The molecule has 1 N–H and O–H groups in total. The van der Waals surface area contributed by atoms with Gasteiger partial charge in [-0.25, -0.2) is 14.6 Å². The van der Waals surface area contributed by atoms with E-state index in [1.165, 1.54) is 13.2 Å². The number of methoxy groups -OCH3 is 1. The number of amides is 1. The Balaban J connectivity index is 2.40. The molecule has 2 heterocycles. The molecule has 2 rings (SSSR count). The van der Waals surface area contributed by atoms with Crippen LogP contribution in [-0.4, -0.2) is 34.9 Å². The molecule has 118 valence electrons. The van der Waals surface area contributed by atoms with E-state index in [-0.39, 0.29) is 27.6 Å². The Morgan fingerprint density at radius 2 is 2.00 bits per heavy atom. The number of hydrogen-bond donors (Lipinski definition) is 1. The quantitative estimate of drug-likeness (QED) is 0.667. The van der Waals surface area contributed by atoms with Crippen LogP contribution in [0.2, 0.25) is 5.15 Å². The smallest absolute Gasteiger partial charge is 0.412 e. The first-order valence-electron chi connectivity index (χ1n) is 6.25. The van der Waals surface area contributed by atoms with Crippen LogP contribution in [0.5, 0.6) is 0 Å². The van der Waals surface area contributed by atoms with Crippen molar-refractivity contribution in [3.63, 3.8) is 0 Å². The molecule has 22 heavy (non-hydrogen) atoms. The Kier molecular flexibility index (Phi) is 4.23. The molecule has 0 radical (unpaired) electrons. The van der Waals surface area contributed by atoms with Crippen LogP contribution >= 0.6 is 11.6 Å². The summed E-state index contributed by atoms with van der Waals surface area (Å²) in [5.74, 6) is -0.951. The minimum atomic E-state index is -0.750. The molecule has 0 fully saturated rings. The summed E-state index contributed by atoms with van der Waals surface area (Å²) < 4.78 is 14.6. The number of pyridine rings is 1. The van der Waals surface area contributed by atoms with Crippen molar-refractivity contribution in [3.8, 4) is 0 Å². The van der Waals surface area contributed by atoms with Crippen LogP contribution < -0.4 is 5.32 Å². The van der Waals surface area contributed by atoms with E-state index in [0.717, 1.165) is 0 Å². The fourth-order valence-electron chi connectivity index (χ4n) is 1.63. The van der Waals surface area contributed by atoms with Crippen molar-refractivity contribution in [1.29, 1.82) is 0 Å². The van der Waals surface area contributed by atoms with Gasteiger partial charge in [-0.05, 0) is 20.8 Å². The van der Waals surface area contributed by atoms with Gasteiger partial charge in [0.1, 0.15) is 16.3 Å². The molecule has 0 aliphatic heterocycles. The van der Waals surface area contributed by atoms with E-state index >= 15 is 0 Å². The van der Waals surface area contributed by atoms with Gasteiger partial charge in [0, 0.05) is 6.07 Å². The lowest BCUT2D eigenvalue weighted by molar-refractivity contribution is 0.0556. The van der Waals surface area contributed by atoms with Gasteiger partial charge in [0.2, 0.25) is 0 Å². The maximum absolute atomic E-state index is 11.8. The van der Waals surface area contributed by atoms with Gasteiger partial charge in [0.25, 0.3) is 5.76 Å². The molecule has 0 unspecified atom stereocenters. The lowest BCUT2D eigenvalue weighted by Gasteiger charge is -2.19. The van der Waals surface area contributed by atoms with Crippen LogP contribution in [0.3, 0.4) is 0 Å². The molecule has 8 nitrogen and oxygen atoms in total. The highest BCUT2D eigenvalue weighted by molar-refractivity contribution is 6.30. The number of nitrogens with one attached hydrogen (secondary N) is 1. The van der Waals surface area contributed by atoms with Gasteiger partial charge in [-0.1, -0.05) is 16.8 Å². The maximum Gasteiger partial charge on any atom is 0.412 e. The number of rotatable bonds is 2. The molecule has 0 spiro atoms. The van der Waals surface area contributed by atoms with Crippen molar-refractivity contribution >= 4 is 40.4 Å². The molecule has 0 bridgehead atoms. The van der Waals surface area contributed by atoms with Gasteiger partial charge in [-0.15, -0.1) is 0 Å². The van der Waals surface area contributed by atoms with E-state index in [1.54, 1.807) is 20.8 Å². The molecule has 0 aromatic carbocycles. The molecule has 1 amide bonds. The standard InChI is InChI=1S/C13H14ClN3O5/c1-13(2,3)21-12(19)15-6-5-7(14)16-9-8(6)17-22-10(9)11(18)20-4/h5H,1-4H3,(H,15,19). The van der Waals surface area contributed by atoms with E-state index in [1.807, 2.05) is 0 Å². The van der Waals surface area contributed by atoms with Gasteiger partial charge >= 0.3 is 12.1 Å². The van der Waals surface area contributed by atoms with Crippen LogP contribution in [-0.2, 0) is 9.47 Å². The number of anilines is 1. The molecule has 0 atom stereocenters. The largest absolute Gasteiger partial charge is 0.463 e. The Morgan fingerprint density at radius 1 is 1.32 bits per heavy atom. The van der Waals surface area contributed by atoms with E-state index in [9.17, 15) is 9.59 Å². The average Bonchev–Trinajstić information content (AvgIpc) is 2.79. The number of carbonyl (C=O) groups excluding carboxylic acids is 2. The number of fused-ring (bicyclic) bond motifs is 1. The predicted molar refractivity (Wildman–Crippen MR) is 78.0 cm³/mol. The molecule has 0 saturated carbocycles. The highest BCUT2D eigenvalue weighted by atomic mass is 35.5. The predicted octanol–water partition coefficient (Wildman–Crippen LogP) is 3.01. The Labute approximate surface area is 130 Å². The SMILES string of the molecule is COC(=O)c1onc2c(NC(=O)OC(C)(C)C)cc(Cl)nc12. The van der Waals surface area contributed by atoms with Crippen molar-refractivity contribution in [1.82, 2.24) is 10.1 Å². The van der Waals surface area contributed by atoms with E-state index in [0.29, 0.717) is 0 Å². The van der Waals surface area contributed by atoms with Gasteiger partial charge in [-0.3, -0.25) is 5.32 Å². The Hall–Kier alpha value is -2.35. The summed E-state index contributed by atoms with van der Waals surface area (Å²) in [6, 6.07) is 1.37. The Morgan fingerprint density at radius 3 is 2.59 bits per heavy atom. The number of esters is 1. The second-order valence-corrected chi connectivity index (χ2v) is 5.71. The number of ether oxygens (including phenoxy) is 2. The monoisotopic (exact) mass is 327 g/mol. The normalized spacial score (nSPS) is 11.3. The summed E-state index contributed by atoms with van der Waals surface area (Å²) in [6.07, 6.45) is -0.696. The second-order valence-electron chi connectivity index (χ2n) is 5.32. The van der Waals surface area contributed by atoms with E-state index in [4.69, 9.17) is 20.9 Å². The first-order valence-corrected chi connectivity index (χ1v) is 6.63. The molecule has 0 aliphatic rings. The topological polar surface area (TPSA) is 104 Å². The maximum atomic E-state index is 11.8. The van der Waals surface area contributed by atoms with Gasteiger partial charge in [-0.2, -0.15) is 0 Å². The number of hydrogen-bond acceptors (Lipinski definition) is 7. The van der Waals surface area contributed by atoms with Gasteiger partial charge in [0.15, 0.2) is 5.52 Å². The van der Waals surface area contributed by atoms with Crippen molar-refractivity contribution in [2.24, 2.45) is 0 Å². The first-order chi connectivity index (χ1) is 10.2. The van der Waals surface area contributed by atoms with Gasteiger partial charge < -0.3 is 14.0 Å². The molecule has 0 saturated heterocycles. The molecule has 2 aromatic heterocycles. The van der Waals surface area contributed by atoms with Crippen molar-refractivity contribution in [2.75, 3.05) is 12.4 Å². The molecule has 2 aromatic rings. The third-order valence-corrected chi connectivity index (χ3v) is 2.60. The van der Waals surface area contributed by atoms with Crippen LogP contribution in [0, 0.1) is 0 Å². The third kappa shape index (κ3) is 3.45. The van der Waals surface area contributed by atoms with Crippen LogP contribution in [0.15, 0.2) is 10.6 Å². The van der Waals surface area contributed by atoms with Crippen molar-refractivity contribution < 1.29 is 23.6 Å². The van der Waals surface area contributed by atoms with Crippen LogP contribution in [0.4, 0.5) is 10.5 Å². The van der Waals surface area contributed by atoms with Crippen molar-refractivity contribution in [3.05, 3.63) is 17.0 Å². The third-order valence-electron chi connectivity index (χ3n) is 2.41. The number of carbonyl (C=O) groups is 2. The molecular formula is C13H14ClN3O5. The highest BCUT2D eigenvalue weighted by Crippen LogP contribution is 2.27. The molecular weight excluding hydrogens is 314 g/mol. The molecule has 0 aliphatic carbocycles. The zero-order valence-corrected chi connectivity index (χ0v) is 13.1. The molecule has 9 heteroatoms.